The first-order valence-corrected chi connectivity index (χ1v) is 5.82. The van der Waals surface area contributed by atoms with Gasteiger partial charge in [-0.2, -0.15) is 15.0 Å². The van der Waals surface area contributed by atoms with Gasteiger partial charge in [0, 0.05) is 7.05 Å². The number of furan rings is 1. The number of hydrogen-bond acceptors (Lipinski definition) is 8. The largest absolute Gasteiger partial charge is 0.467 e. The molecule has 19 heavy (non-hydrogen) atoms. The van der Waals surface area contributed by atoms with Crippen molar-refractivity contribution in [3.63, 3.8) is 0 Å². The van der Waals surface area contributed by atoms with Gasteiger partial charge in [-0.25, -0.2) is 5.84 Å². The Hall–Kier alpha value is -2.35. The lowest BCUT2D eigenvalue weighted by atomic mass is 10.4. The Bertz CT molecular complexity index is 516. The first-order chi connectivity index (χ1) is 9.22. The van der Waals surface area contributed by atoms with E-state index in [1.54, 1.807) is 6.26 Å². The SMILES string of the molecule is CCOc1nc(NN)nc(N(C)Cc2ccco2)n1. The summed E-state index contributed by atoms with van der Waals surface area (Å²) in [5.74, 6) is 6.83. The molecule has 3 N–H and O–H groups in total. The van der Waals surface area contributed by atoms with E-state index >= 15 is 0 Å². The van der Waals surface area contributed by atoms with Crippen molar-refractivity contribution in [1.82, 2.24) is 15.0 Å². The molecular formula is C11H16N6O2. The van der Waals surface area contributed by atoms with Crippen LogP contribution in [0.4, 0.5) is 11.9 Å². The number of rotatable bonds is 6. The van der Waals surface area contributed by atoms with Crippen LogP contribution in [0.5, 0.6) is 6.01 Å². The Labute approximate surface area is 110 Å². The number of hydrazine groups is 1. The quantitative estimate of drug-likeness (QED) is 0.583. The average molecular weight is 264 g/mol. The van der Waals surface area contributed by atoms with Crippen molar-refractivity contribution < 1.29 is 9.15 Å². The molecule has 0 unspecified atom stereocenters. The maximum Gasteiger partial charge on any atom is 0.323 e. The second-order valence-electron chi connectivity index (χ2n) is 3.75. The summed E-state index contributed by atoms with van der Waals surface area (Å²) in [6.07, 6.45) is 1.62. The number of nitrogen functional groups attached to an aromatic ring is 1. The molecule has 0 saturated heterocycles. The van der Waals surface area contributed by atoms with Gasteiger partial charge in [-0.1, -0.05) is 0 Å². The number of anilines is 2. The van der Waals surface area contributed by atoms with Crippen LogP contribution in [-0.4, -0.2) is 28.6 Å². The normalized spacial score (nSPS) is 10.3. The van der Waals surface area contributed by atoms with Gasteiger partial charge in [0.05, 0.1) is 19.4 Å². The fourth-order valence-electron chi connectivity index (χ4n) is 1.48. The van der Waals surface area contributed by atoms with Crippen LogP contribution < -0.4 is 20.9 Å². The van der Waals surface area contributed by atoms with Crippen molar-refractivity contribution in [1.29, 1.82) is 0 Å². The van der Waals surface area contributed by atoms with Crippen LogP contribution in [0.2, 0.25) is 0 Å². The lowest BCUT2D eigenvalue weighted by Crippen LogP contribution is -2.21. The molecule has 102 valence electrons. The van der Waals surface area contributed by atoms with E-state index < -0.39 is 0 Å². The maximum absolute atomic E-state index is 5.32. The molecule has 2 aromatic rings. The molecule has 0 atom stereocenters. The third kappa shape index (κ3) is 3.32. The Morgan fingerprint density at radius 3 is 2.89 bits per heavy atom. The Balaban J connectivity index is 2.19. The van der Waals surface area contributed by atoms with Gasteiger partial charge >= 0.3 is 6.01 Å². The Kier molecular flexibility index (Phi) is 4.14. The van der Waals surface area contributed by atoms with Crippen LogP contribution in [0.3, 0.4) is 0 Å². The van der Waals surface area contributed by atoms with E-state index in [0.717, 1.165) is 5.76 Å². The monoisotopic (exact) mass is 264 g/mol. The second kappa shape index (κ2) is 6.01. The minimum Gasteiger partial charge on any atom is -0.467 e. The van der Waals surface area contributed by atoms with E-state index in [2.05, 4.69) is 20.4 Å². The van der Waals surface area contributed by atoms with Crippen molar-refractivity contribution >= 4 is 11.9 Å². The Morgan fingerprint density at radius 1 is 1.42 bits per heavy atom. The van der Waals surface area contributed by atoms with E-state index in [0.29, 0.717) is 19.1 Å². The highest BCUT2D eigenvalue weighted by molar-refractivity contribution is 5.37. The van der Waals surface area contributed by atoms with E-state index in [1.807, 2.05) is 31.0 Å². The zero-order valence-electron chi connectivity index (χ0n) is 10.8. The fourth-order valence-corrected chi connectivity index (χ4v) is 1.48. The Morgan fingerprint density at radius 2 is 2.26 bits per heavy atom. The topological polar surface area (TPSA) is 102 Å². The summed E-state index contributed by atoms with van der Waals surface area (Å²) in [5.41, 5.74) is 2.39. The standard InChI is InChI=1S/C11H16N6O2/c1-3-18-11-14-9(16-12)13-10(15-11)17(2)7-8-5-4-6-19-8/h4-6H,3,7,12H2,1-2H3,(H,13,14,15,16). The molecule has 0 spiro atoms. The maximum atomic E-state index is 5.32. The van der Waals surface area contributed by atoms with Crippen LogP contribution in [0, 0.1) is 0 Å². The number of hydrogen-bond donors (Lipinski definition) is 2. The summed E-state index contributed by atoms with van der Waals surface area (Å²) in [5, 5.41) is 0. The van der Waals surface area contributed by atoms with Gasteiger partial charge in [0.25, 0.3) is 0 Å². The number of nitrogens with zero attached hydrogens (tertiary/aromatic N) is 4. The van der Waals surface area contributed by atoms with Gasteiger partial charge in [-0.15, -0.1) is 0 Å². The highest BCUT2D eigenvalue weighted by atomic mass is 16.5. The molecular weight excluding hydrogens is 248 g/mol. The predicted octanol–water partition coefficient (Wildman–Crippen LogP) is 0.785. The first-order valence-electron chi connectivity index (χ1n) is 5.82. The van der Waals surface area contributed by atoms with Crippen molar-refractivity contribution in [2.45, 2.75) is 13.5 Å². The number of ether oxygens (including phenoxy) is 1. The summed E-state index contributed by atoms with van der Waals surface area (Å²) in [6.45, 7) is 2.85. The minimum atomic E-state index is 0.228. The molecule has 0 radical (unpaired) electrons. The molecule has 0 amide bonds. The molecule has 0 aromatic carbocycles. The summed E-state index contributed by atoms with van der Waals surface area (Å²) in [6, 6.07) is 3.94. The highest BCUT2D eigenvalue weighted by Gasteiger charge is 2.12. The summed E-state index contributed by atoms with van der Waals surface area (Å²) < 4.78 is 10.5. The van der Waals surface area contributed by atoms with Gasteiger partial charge in [0.15, 0.2) is 0 Å². The average Bonchev–Trinajstić information content (AvgIpc) is 2.91. The van der Waals surface area contributed by atoms with E-state index in [1.165, 1.54) is 0 Å². The third-order valence-corrected chi connectivity index (χ3v) is 2.32. The van der Waals surface area contributed by atoms with E-state index in [4.69, 9.17) is 15.0 Å². The zero-order valence-corrected chi connectivity index (χ0v) is 10.8. The fraction of sp³-hybridized carbons (Fsp3) is 0.364. The predicted molar refractivity (Wildman–Crippen MR) is 69.6 cm³/mol. The summed E-state index contributed by atoms with van der Waals surface area (Å²) >= 11 is 0. The molecule has 0 aliphatic rings. The van der Waals surface area contributed by atoms with Gasteiger partial charge in [-0.3, -0.25) is 5.43 Å². The van der Waals surface area contributed by atoms with Crippen LogP contribution in [0.25, 0.3) is 0 Å². The van der Waals surface area contributed by atoms with Crippen molar-refractivity contribution in [3.8, 4) is 6.01 Å². The van der Waals surface area contributed by atoms with Gasteiger partial charge in [0.2, 0.25) is 11.9 Å². The van der Waals surface area contributed by atoms with Gasteiger partial charge in [-0.05, 0) is 19.1 Å². The highest BCUT2D eigenvalue weighted by Crippen LogP contribution is 2.15. The smallest absolute Gasteiger partial charge is 0.323 e. The van der Waals surface area contributed by atoms with Crippen molar-refractivity contribution in [2.24, 2.45) is 5.84 Å². The second-order valence-corrected chi connectivity index (χ2v) is 3.75. The van der Waals surface area contributed by atoms with E-state index in [9.17, 15) is 0 Å². The zero-order chi connectivity index (χ0) is 13.7. The van der Waals surface area contributed by atoms with Gasteiger partial charge < -0.3 is 14.1 Å². The van der Waals surface area contributed by atoms with Crippen LogP contribution in [0.1, 0.15) is 12.7 Å². The lowest BCUT2D eigenvalue weighted by molar-refractivity contribution is 0.312. The molecule has 2 aromatic heterocycles. The molecule has 0 bridgehead atoms. The molecule has 0 aliphatic carbocycles. The van der Waals surface area contributed by atoms with Crippen molar-refractivity contribution in [3.05, 3.63) is 24.2 Å². The van der Waals surface area contributed by atoms with Gasteiger partial charge in [0.1, 0.15) is 5.76 Å². The molecule has 2 heterocycles. The molecule has 8 nitrogen and oxygen atoms in total. The van der Waals surface area contributed by atoms with Crippen LogP contribution in [0.15, 0.2) is 22.8 Å². The number of nitrogens with one attached hydrogen (secondary N) is 1. The van der Waals surface area contributed by atoms with Crippen LogP contribution in [-0.2, 0) is 6.54 Å². The third-order valence-electron chi connectivity index (χ3n) is 2.32. The minimum absolute atomic E-state index is 0.228. The summed E-state index contributed by atoms with van der Waals surface area (Å²) in [4.78, 5) is 14.2. The molecule has 0 saturated carbocycles. The van der Waals surface area contributed by atoms with Crippen LogP contribution >= 0.6 is 0 Å². The molecule has 8 heteroatoms. The van der Waals surface area contributed by atoms with E-state index in [-0.39, 0.29) is 12.0 Å². The number of nitrogens with two attached hydrogens (primary N) is 1. The molecule has 0 fully saturated rings. The molecule has 2 rings (SSSR count). The first kappa shape index (κ1) is 13.1. The summed E-state index contributed by atoms with van der Waals surface area (Å²) in [7, 11) is 1.84. The molecule has 0 aliphatic heterocycles. The number of aromatic nitrogens is 3. The lowest BCUT2D eigenvalue weighted by Gasteiger charge is -2.16. The van der Waals surface area contributed by atoms with Crippen molar-refractivity contribution in [2.75, 3.05) is 24.0 Å².